The van der Waals surface area contributed by atoms with Crippen LogP contribution in [0, 0.1) is 17.8 Å². The Morgan fingerprint density at radius 1 is 1.12 bits per heavy atom. The van der Waals surface area contributed by atoms with Crippen LogP contribution in [-0.2, 0) is 0 Å². The summed E-state index contributed by atoms with van der Waals surface area (Å²) in [6.07, 6.45) is 4.42. The third-order valence-electron chi connectivity index (χ3n) is 4.59. The molecule has 2 atom stereocenters. The molecule has 100 valence electrons. The topological polar surface area (TPSA) is 15.3 Å². The lowest BCUT2D eigenvalue weighted by Crippen LogP contribution is -2.59. The van der Waals surface area contributed by atoms with Crippen molar-refractivity contribution in [3.8, 4) is 0 Å². The maximum atomic E-state index is 3.74. The minimum absolute atomic E-state index is 0.698. The van der Waals surface area contributed by atoms with Gasteiger partial charge in [0.15, 0.2) is 0 Å². The Balaban J connectivity index is 1.88. The van der Waals surface area contributed by atoms with Gasteiger partial charge in [-0.25, -0.2) is 0 Å². The minimum atomic E-state index is 0.698. The third kappa shape index (κ3) is 3.69. The highest BCUT2D eigenvalue weighted by Gasteiger charge is 2.32. The van der Waals surface area contributed by atoms with Crippen LogP contribution in [0.4, 0.5) is 0 Å². The van der Waals surface area contributed by atoms with E-state index < -0.39 is 0 Å². The average Bonchev–Trinajstić information content (AvgIpc) is 3.09. The van der Waals surface area contributed by atoms with Gasteiger partial charge in [0.05, 0.1) is 0 Å². The molecule has 17 heavy (non-hydrogen) atoms. The molecule has 0 spiro atoms. The molecule has 0 aromatic rings. The van der Waals surface area contributed by atoms with E-state index in [1.54, 1.807) is 0 Å². The Hall–Kier alpha value is -0.0800. The first-order valence-corrected chi connectivity index (χ1v) is 7.55. The van der Waals surface area contributed by atoms with Crippen molar-refractivity contribution in [2.45, 2.75) is 59.0 Å². The molecular weight excluding hydrogens is 208 g/mol. The molecule has 2 aliphatic rings. The van der Waals surface area contributed by atoms with Gasteiger partial charge in [0.25, 0.3) is 0 Å². The van der Waals surface area contributed by atoms with Gasteiger partial charge in [0, 0.05) is 25.2 Å². The minimum Gasteiger partial charge on any atom is -0.311 e. The van der Waals surface area contributed by atoms with E-state index in [0.717, 1.165) is 23.8 Å². The summed E-state index contributed by atoms with van der Waals surface area (Å²) >= 11 is 0. The van der Waals surface area contributed by atoms with Gasteiger partial charge in [-0.15, -0.1) is 0 Å². The average molecular weight is 238 g/mol. The second kappa shape index (κ2) is 5.71. The molecular formula is C15H30N2. The lowest BCUT2D eigenvalue weighted by atomic mass is 9.94. The molecule has 0 amide bonds. The van der Waals surface area contributed by atoms with Gasteiger partial charge in [0.2, 0.25) is 0 Å². The van der Waals surface area contributed by atoms with Crippen LogP contribution in [-0.4, -0.2) is 36.6 Å². The molecule has 0 bridgehead atoms. The molecule has 2 rings (SSSR count). The fourth-order valence-corrected chi connectivity index (χ4v) is 2.97. The molecule has 1 aliphatic carbocycles. The highest BCUT2D eigenvalue weighted by Crippen LogP contribution is 2.33. The van der Waals surface area contributed by atoms with Crippen molar-refractivity contribution in [1.82, 2.24) is 10.2 Å². The predicted octanol–water partition coefficient (Wildman–Crippen LogP) is 2.74. The molecule has 1 saturated carbocycles. The Morgan fingerprint density at radius 3 is 2.35 bits per heavy atom. The van der Waals surface area contributed by atoms with Gasteiger partial charge in [-0.05, 0) is 30.7 Å². The van der Waals surface area contributed by atoms with E-state index in [-0.39, 0.29) is 0 Å². The van der Waals surface area contributed by atoms with Crippen molar-refractivity contribution < 1.29 is 0 Å². The Labute approximate surface area is 107 Å². The van der Waals surface area contributed by atoms with Crippen molar-refractivity contribution in [2.24, 2.45) is 17.8 Å². The van der Waals surface area contributed by atoms with E-state index >= 15 is 0 Å². The second-order valence-electron chi connectivity index (χ2n) is 6.80. The first kappa shape index (κ1) is 13.4. The normalized spacial score (nSPS) is 31.4. The SMILES string of the molecule is CC(C)C1CN(CCC2CC2)C(C(C)C)CN1. The number of nitrogens with zero attached hydrogens (tertiary/aromatic N) is 1. The second-order valence-corrected chi connectivity index (χ2v) is 6.80. The summed E-state index contributed by atoms with van der Waals surface area (Å²) in [5, 5.41) is 3.74. The van der Waals surface area contributed by atoms with E-state index in [1.807, 2.05) is 0 Å². The monoisotopic (exact) mass is 238 g/mol. The van der Waals surface area contributed by atoms with Crippen LogP contribution in [0.2, 0.25) is 0 Å². The van der Waals surface area contributed by atoms with E-state index in [1.165, 1.54) is 38.9 Å². The molecule has 1 heterocycles. The standard InChI is InChI=1S/C15H30N2/c1-11(2)14-10-17(8-7-13-5-6-13)15(9-16-14)12(3)4/h11-16H,5-10H2,1-4H3. The zero-order valence-corrected chi connectivity index (χ0v) is 12.1. The summed E-state index contributed by atoms with van der Waals surface area (Å²) < 4.78 is 0. The molecule has 2 heteroatoms. The smallest absolute Gasteiger partial charge is 0.0244 e. The molecule has 2 nitrogen and oxygen atoms in total. The Bertz CT molecular complexity index is 233. The van der Waals surface area contributed by atoms with E-state index in [0.29, 0.717) is 6.04 Å². The summed E-state index contributed by atoms with van der Waals surface area (Å²) in [5.74, 6) is 2.59. The molecule has 1 aliphatic heterocycles. The highest BCUT2D eigenvalue weighted by atomic mass is 15.2. The summed E-state index contributed by atoms with van der Waals surface area (Å²) in [6.45, 7) is 13.2. The molecule has 0 radical (unpaired) electrons. The quantitative estimate of drug-likeness (QED) is 0.792. The van der Waals surface area contributed by atoms with Crippen LogP contribution in [0.25, 0.3) is 0 Å². The molecule has 2 fully saturated rings. The van der Waals surface area contributed by atoms with Crippen LogP contribution in [0.5, 0.6) is 0 Å². The maximum absolute atomic E-state index is 3.74. The summed E-state index contributed by atoms with van der Waals surface area (Å²) in [7, 11) is 0. The number of rotatable bonds is 5. The summed E-state index contributed by atoms with van der Waals surface area (Å²) in [6, 6.07) is 1.45. The zero-order valence-electron chi connectivity index (χ0n) is 12.1. The van der Waals surface area contributed by atoms with Crippen molar-refractivity contribution in [1.29, 1.82) is 0 Å². The van der Waals surface area contributed by atoms with Crippen LogP contribution < -0.4 is 5.32 Å². The summed E-state index contributed by atoms with van der Waals surface area (Å²) in [5.41, 5.74) is 0. The largest absolute Gasteiger partial charge is 0.311 e. The number of piperazine rings is 1. The number of hydrogen-bond acceptors (Lipinski definition) is 2. The number of hydrogen-bond donors (Lipinski definition) is 1. The van der Waals surface area contributed by atoms with Gasteiger partial charge in [0.1, 0.15) is 0 Å². The molecule has 1 N–H and O–H groups in total. The fourth-order valence-electron chi connectivity index (χ4n) is 2.97. The Morgan fingerprint density at radius 2 is 1.82 bits per heavy atom. The first-order chi connectivity index (χ1) is 8.08. The van der Waals surface area contributed by atoms with Crippen molar-refractivity contribution >= 4 is 0 Å². The maximum Gasteiger partial charge on any atom is 0.0244 e. The Kier molecular flexibility index (Phi) is 4.48. The predicted molar refractivity (Wildman–Crippen MR) is 74.2 cm³/mol. The van der Waals surface area contributed by atoms with Gasteiger partial charge in [-0.1, -0.05) is 40.5 Å². The third-order valence-corrected chi connectivity index (χ3v) is 4.59. The van der Waals surface area contributed by atoms with Gasteiger partial charge < -0.3 is 5.32 Å². The van der Waals surface area contributed by atoms with E-state index in [9.17, 15) is 0 Å². The van der Waals surface area contributed by atoms with Gasteiger partial charge in [-0.2, -0.15) is 0 Å². The van der Waals surface area contributed by atoms with Crippen molar-refractivity contribution in [3.63, 3.8) is 0 Å². The molecule has 2 unspecified atom stereocenters. The van der Waals surface area contributed by atoms with Crippen molar-refractivity contribution in [3.05, 3.63) is 0 Å². The van der Waals surface area contributed by atoms with E-state index in [2.05, 4.69) is 37.9 Å². The van der Waals surface area contributed by atoms with Gasteiger partial charge >= 0.3 is 0 Å². The molecule has 1 saturated heterocycles. The first-order valence-electron chi connectivity index (χ1n) is 7.55. The van der Waals surface area contributed by atoms with E-state index in [4.69, 9.17) is 0 Å². The van der Waals surface area contributed by atoms with Crippen LogP contribution in [0.3, 0.4) is 0 Å². The zero-order chi connectivity index (χ0) is 12.4. The molecule has 0 aromatic heterocycles. The lowest BCUT2D eigenvalue weighted by Gasteiger charge is -2.43. The number of nitrogens with one attached hydrogen (secondary N) is 1. The highest BCUT2D eigenvalue weighted by molar-refractivity contribution is 4.89. The van der Waals surface area contributed by atoms with Crippen molar-refractivity contribution in [2.75, 3.05) is 19.6 Å². The van der Waals surface area contributed by atoms with Crippen LogP contribution >= 0.6 is 0 Å². The summed E-state index contributed by atoms with van der Waals surface area (Å²) in [4.78, 5) is 2.77. The fraction of sp³-hybridized carbons (Fsp3) is 1.00. The molecule has 0 aromatic carbocycles. The van der Waals surface area contributed by atoms with Gasteiger partial charge in [-0.3, -0.25) is 4.90 Å². The lowest BCUT2D eigenvalue weighted by molar-refractivity contribution is 0.0826. The van der Waals surface area contributed by atoms with Crippen LogP contribution in [0.1, 0.15) is 47.0 Å². The van der Waals surface area contributed by atoms with Crippen LogP contribution in [0.15, 0.2) is 0 Å².